The van der Waals surface area contributed by atoms with Crippen molar-refractivity contribution in [3.8, 4) is 11.5 Å². The number of hydrogen-bond acceptors (Lipinski definition) is 5. The molecular weight excluding hydrogens is 515 g/mol. The normalized spacial score (nSPS) is 17.4. The summed E-state index contributed by atoms with van der Waals surface area (Å²) in [5, 5.41) is 8.68. The first-order valence-electron chi connectivity index (χ1n) is 10.1. The Bertz CT molecular complexity index is 1280. The van der Waals surface area contributed by atoms with Crippen LogP contribution in [0.5, 0.6) is 11.5 Å². The molecule has 186 valence electrons. The molecule has 0 fully saturated rings. The lowest BCUT2D eigenvalue weighted by Crippen LogP contribution is -2.35. The molecule has 0 bridgehead atoms. The fraction of sp³-hybridized carbons (Fsp3) is 0.273. The van der Waals surface area contributed by atoms with E-state index in [-0.39, 0.29) is 21.6 Å². The molecule has 35 heavy (non-hydrogen) atoms. The Hall–Kier alpha value is -3.18. The van der Waals surface area contributed by atoms with E-state index in [1.165, 1.54) is 20.3 Å². The van der Waals surface area contributed by atoms with E-state index in [0.29, 0.717) is 21.7 Å². The zero-order valence-electron chi connectivity index (χ0n) is 18.2. The number of rotatable bonds is 5. The molecule has 13 heteroatoms. The number of alkyl halides is 3. The number of benzene rings is 2. The zero-order valence-corrected chi connectivity index (χ0v) is 19.7. The minimum absolute atomic E-state index is 0.118. The summed E-state index contributed by atoms with van der Waals surface area (Å²) in [7, 11) is 2.86. The third-order valence-electron chi connectivity index (χ3n) is 5.50. The number of halogens is 6. The van der Waals surface area contributed by atoms with E-state index in [9.17, 15) is 22.4 Å². The van der Waals surface area contributed by atoms with Gasteiger partial charge in [-0.1, -0.05) is 29.3 Å². The summed E-state index contributed by atoms with van der Waals surface area (Å²) in [5.74, 6) is -0.980. The summed E-state index contributed by atoms with van der Waals surface area (Å²) in [6, 6.07) is 5.31. The molecule has 2 N–H and O–H groups in total. The number of aromatic nitrogens is 2. The number of methoxy groups -OCH3 is 2. The highest BCUT2D eigenvalue weighted by Crippen LogP contribution is 2.47. The van der Waals surface area contributed by atoms with Crippen molar-refractivity contribution in [2.45, 2.75) is 24.7 Å². The molecule has 2 atom stereocenters. The molecular formula is C22H18Cl2F4N4O3. The summed E-state index contributed by atoms with van der Waals surface area (Å²) in [4.78, 5) is 12.8. The average molecular weight is 533 g/mol. The molecule has 0 spiro atoms. The number of amides is 1. The molecule has 1 aliphatic heterocycles. The monoisotopic (exact) mass is 532 g/mol. The van der Waals surface area contributed by atoms with Gasteiger partial charge in [0.2, 0.25) is 0 Å². The summed E-state index contributed by atoms with van der Waals surface area (Å²) in [5.41, 5.74) is 0.177. The third kappa shape index (κ3) is 4.83. The maximum Gasteiger partial charge on any atom is 0.410 e. The van der Waals surface area contributed by atoms with Crippen LogP contribution >= 0.6 is 23.2 Å². The standard InChI is InChI=1S/C22H18Cl2F4N4O3/c1-34-15-6-3-10(7-16(15)35-2)14-9-17(22(26,27)28)32-20(30-14)18(24)19(31-32)21(33)29-11-4-5-13(25)12(23)8-11/h3-8,14,17,30H,9H2,1-2H3,(H,29,33)/t14-,17+/m1/s1. The fourth-order valence-electron chi connectivity index (χ4n) is 3.79. The van der Waals surface area contributed by atoms with Crippen LogP contribution in [-0.4, -0.2) is 36.1 Å². The molecule has 4 rings (SSSR count). The Balaban J connectivity index is 1.70. The molecule has 1 aliphatic rings. The first-order chi connectivity index (χ1) is 16.5. The molecule has 1 aromatic heterocycles. The van der Waals surface area contributed by atoms with Crippen LogP contribution in [0.4, 0.5) is 29.1 Å². The predicted molar refractivity (Wildman–Crippen MR) is 122 cm³/mol. The molecule has 1 amide bonds. The van der Waals surface area contributed by atoms with Gasteiger partial charge in [-0.3, -0.25) is 4.79 Å². The summed E-state index contributed by atoms with van der Waals surface area (Å²) in [6.07, 6.45) is -5.10. The van der Waals surface area contributed by atoms with E-state index in [4.69, 9.17) is 32.7 Å². The molecule has 3 aromatic rings. The number of nitrogens with one attached hydrogen (secondary N) is 2. The van der Waals surface area contributed by atoms with Crippen LogP contribution in [0.1, 0.15) is 34.6 Å². The van der Waals surface area contributed by atoms with E-state index < -0.39 is 42.1 Å². The van der Waals surface area contributed by atoms with Gasteiger partial charge in [-0.15, -0.1) is 0 Å². The Kier molecular flexibility index (Phi) is 6.74. The SMILES string of the molecule is COc1ccc([C@H]2C[C@@H](C(F)(F)F)n3nc(C(=O)Nc4ccc(F)c(Cl)c4)c(Cl)c3N2)cc1OC. The van der Waals surface area contributed by atoms with Gasteiger partial charge in [-0.05, 0) is 35.9 Å². The lowest BCUT2D eigenvalue weighted by molar-refractivity contribution is -0.173. The zero-order chi connectivity index (χ0) is 25.5. The van der Waals surface area contributed by atoms with E-state index in [2.05, 4.69) is 15.7 Å². The second-order valence-corrected chi connectivity index (χ2v) is 8.43. The van der Waals surface area contributed by atoms with Crippen molar-refractivity contribution in [3.63, 3.8) is 0 Å². The van der Waals surface area contributed by atoms with Crippen molar-refractivity contribution in [3.05, 3.63) is 63.5 Å². The highest BCUT2D eigenvalue weighted by Gasteiger charge is 2.48. The molecule has 0 aliphatic carbocycles. The maximum absolute atomic E-state index is 14.0. The lowest BCUT2D eigenvalue weighted by atomic mass is 9.96. The number of hydrogen-bond donors (Lipinski definition) is 2. The van der Waals surface area contributed by atoms with Crippen molar-refractivity contribution in [1.29, 1.82) is 0 Å². The van der Waals surface area contributed by atoms with E-state index >= 15 is 0 Å². The van der Waals surface area contributed by atoms with E-state index in [1.54, 1.807) is 18.2 Å². The van der Waals surface area contributed by atoms with Crippen LogP contribution in [0.15, 0.2) is 36.4 Å². The van der Waals surface area contributed by atoms with Crippen molar-refractivity contribution >= 4 is 40.6 Å². The molecule has 0 unspecified atom stereocenters. The fourth-order valence-corrected chi connectivity index (χ4v) is 4.23. The quantitative estimate of drug-likeness (QED) is 0.379. The van der Waals surface area contributed by atoms with Gasteiger partial charge < -0.3 is 20.1 Å². The Morgan fingerprint density at radius 1 is 1.14 bits per heavy atom. The van der Waals surface area contributed by atoms with Gasteiger partial charge in [0.1, 0.15) is 16.7 Å². The number of anilines is 2. The Morgan fingerprint density at radius 3 is 2.49 bits per heavy atom. The molecule has 0 radical (unpaired) electrons. The summed E-state index contributed by atoms with van der Waals surface area (Å²) in [6.45, 7) is 0. The minimum atomic E-state index is -4.68. The van der Waals surface area contributed by atoms with Crippen molar-refractivity contribution in [2.75, 3.05) is 24.9 Å². The van der Waals surface area contributed by atoms with Crippen molar-refractivity contribution in [2.24, 2.45) is 0 Å². The Labute approximate surface area is 206 Å². The number of nitrogens with zero attached hydrogens (tertiary/aromatic N) is 2. The molecule has 7 nitrogen and oxygen atoms in total. The second kappa shape index (κ2) is 9.46. The summed E-state index contributed by atoms with van der Waals surface area (Å²) >= 11 is 12.0. The highest BCUT2D eigenvalue weighted by molar-refractivity contribution is 6.36. The number of fused-ring (bicyclic) bond motifs is 1. The molecule has 2 heterocycles. The van der Waals surface area contributed by atoms with Crippen molar-refractivity contribution in [1.82, 2.24) is 9.78 Å². The van der Waals surface area contributed by atoms with Gasteiger partial charge >= 0.3 is 6.18 Å². The minimum Gasteiger partial charge on any atom is -0.493 e. The van der Waals surface area contributed by atoms with Crippen LogP contribution < -0.4 is 20.1 Å². The lowest BCUT2D eigenvalue weighted by Gasteiger charge is -2.33. The third-order valence-corrected chi connectivity index (χ3v) is 6.15. The molecule has 0 saturated carbocycles. The van der Waals surface area contributed by atoms with Crippen LogP contribution in [0.25, 0.3) is 0 Å². The molecule has 2 aromatic carbocycles. The van der Waals surface area contributed by atoms with Gasteiger partial charge in [0.15, 0.2) is 23.2 Å². The maximum atomic E-state index is 14.0. The van der Waals surface area contributed by atoms with Gasteiger partial charge in [0.25, 0.3) is 5.91 Å². The number of carbonyl (C=O) groups excluding carboxylic acids is 1. The first-order valence-corrected chi connectivity index (χ1v) is 10.9. The number of carbonyl (C=O) groups is 1. The van der Waals surface area contributed by atoms with Gasteiger partial charge in [0, 0.05) is 12.1 Å². The second-order valence-electron chi connectivity index (χ2n) is 7.64. The first kappa shape index (κ1) is 24.9. The van der Waals surface area contributed by atoms with Crippen LogP contribution in [0, 0.1) is 5.82 Å². The molecule has 0 saturated heterocycles. The Morgan fingerprint density at radius 2 is 1.86 bits per heavy atom. The van der Waals surface area contributed by atoms with Gasteiger partial charge in [0.05, 0.1) is 25.3 Å². The van der Waals surface area contributed by atoms with E-state index in [0.717, 1.165) is 12.1 Å². The smallest absolute Gasteiger partial charge is 0.410 e. The average Bonchev–Trinajstić information content (AvgIpc) is 3.16. The number of ether oxygens (including phenoxy) is 2. The summed E-state index contributed by atoms with van der Waals surface area (Å²) < 4.78 is 66.5. The van der Waals surface area contributed by atoms with Gasteiger partial charge in [-0.2, -0.15) is 18.3 Å². The topological polar surface area (TPSA) is 77.4 Å². The van der Waals surface area contributed by atoms with Crippen LogP contribution in [-0.2, 0) is 0 Å². The van der Waals surface area contributed by atoms with Crippen molar-refractivity contribution < 1.29 is 31.8 Å². The largest absolute Gasteiger partial charge is 0.493 e. The van der Waals surface area contributed by atoms with Gasteiger partial charge in [-0.25, -0.2) is 9.07 Å². The van der Waals surface area contributed by atoms with Crippen LogP contribution in [0.2, 0.25) is 10.0 Å². The highest BCUT2D eigenvalue weighted by atomic mass is 35.5. The van der Waals surface area contributed by atoms with E-state index in [1.807, 2.05) is 0 Å². The van der Waals surface area contributed by atoms with Crippen LogP contribution in [0.3, 0.4) is 0 Å². The predicted octanol–water partition coefficient (Wildman–Crippen LogP) is 6.26.